The normalized spacial score (nSPS) is 14.3. The molecule has 7 heteroatoms. The van der Waals surface area contributed by atoms with Crippen LogP contribution in [0.3, 0.4) is 0 Å². The van der Waals surface area contributed by atoms with E-state index in [-0.39, 0.29) is 0 Å². The molecule has 1 N–H and O–H groups in total. The van der Waals surface area contributed by atoms with Gasteiger partial charge >= 0.3 is 0 Å². The van der Waals surface area contributed by atoms with Crippen molar-refractivity contribution in [1.29, 1.82) is 0 Å². The number of hydrogen-bond acceptors (Lipinski definition) is 5. The monoisotopic (exact) mass is 375 g/mol. The Kier molecular flexibility index (Phi) is 5.88. The molecule has 1 aromatic carbocycles. The third-order valence-electron chi connectivity index (χ3n) is 4.02. The predicted octanol–water partition coefficient (Wildman–Crippen LogP) is 3.48. The number of thiophene rings is 1. The van der Waals surface area contributed by atoms with Crippen LogP contribution in [0.15, 0.2) is 36.4 Å². The van der Waals surface area contributed by atoms with Crippen molar-refractivity contribution in [2.75, 3.05) is 43.0 Å². The lowest BCUT2D eigenvalue weighted by atomic mass is 10.3. The highest BCUT2D eigenvalue weighted by molar-refractivity contribution is 7.80. The summed E-state index contributed by atoms with van der Waals surface area (Å²) in [5.74, 6) is 0.859. The number of benzene rings is 1. The van der Waals surface area contributed by atoms with Gasteiger partial charge in [-0.3, -0.25) is 4.79 Å². The third kappa shape index (κ3) is 4.49. The molecule has 1 aromatic heterocycles. The summed E-state index contributed by atoms with van der Waals surface area (Å²) < 4.78 is 5.45. The Bertz CT molecular complexity index is 722. The van der Waals surface area contributed by atoms with Gasteiger partial charge < -0.3 is 19.9 Å². The molecule has 25 heavy (non-hydrogen) atoms. The van der Waals surface area contributed by atoms with Gasteiger partial charge in [0.2, 0.25) is 0 Å². The van der Waals surface area contributed by atoms with Crippen molar-refractivity contribution >= 4 is 45.6 Å². The van der Waals surface area contributed by atoms with E-state index < -0.39 is 0 Å². The summed E-state index contributed by atoms with van der Waals surface area (Å²) in [6.45, 7) is 6.13. The van der Waals surface area contributed by atoms with Crippen molar-refractivity contribution in [2.24, 2.45) is 0 Å². The summed E-state index contributed by atoms with van der Waals surface area (Å²) in [5, 5.41) is 5.17. The Morgan fingerprint density at radius 1 is 1.20 bits per heavy atom. The molecule has 0 bridgehead atoms. The Balaban J connectivity index is 1.51. The van der Waals surface area contributed by atoms with Crippen molar-refractivity contribution < 1.29 is 9.53 Å². The minimum Gasteiger partial charge on any atom is -0.494 e. The van der Waals surface area contributed by atoms with Crippen molar-refractivity contribution in [3.63, 3.8) is 0 Å². The summed E-state index contributed by atoms with van der Waals surface area (Å²) in [5.41, 5.74) is 0.963. The number of nitrogens with zero attached hydrogens (tertiary/aromatic N) is 2. The first-order valence-electron chi connectivity index (χ1n) is 8.28. The first kappa shape index (κ1) is 17.7. The first-order valence-corrected chi connectivity index (χ1v) is 9.51. The van der Waals surface area contributed by atoms with Crippen LogP contribution in [0, 0.1) is 0 Å². The maximum absolute atomic E-state index is 10.8. The van der Waals surface area contributed by atoms with Gasteiger partial charge in [-0.05, 0) is 55.5 Å². The van der Waals surface area contributed by atoms with Gasteiger partial charge in [0.05, 0.1) is 16.5 Å². The fraction of sp³-hybridized carbons (Fsp3) is 0.333. The maximum atomic E-state index is 10.8. The number of carbonyl (C=O) groups excluding carboxylic acids is 1. The van der Waals surface area contributed by atoms with E-state index in [1.54, 1.807) is 0 Å². The lowest BCUT2D eigenvalue weighted by molar-refractivity contribution is 0.112. The molecule has 1 aliphatic rings. The molecule has 2 heterocycles. The largest absolute Gasteiger partial charge is 0.494 e. The fourth-order valence-corrected chi connectivity index (χ4v) is 3.88. The molecule has 132 valence electrons. The van der Waals surface area contributed by atoms with Gasteiger partial charge in [-0.15, -0.1) is 11.3 Å². The van der Waals surface area contributed by atoms with E-state index >= 15 is 0 Å². The molecule has 0 unspecified atom stereocenters. The summed E-state index contributed by atoms with van der Waals surface area (Å²) >= 11 is 7.08. The van der Waals surface area contributed by atoms with Crippen LogP contribution in [0.1, 0.15) is 16.6 Å². The number of rotatable bonds is 5. The van der Waals surface area contributed by atoms with E-state index in [1.807, 2.05) is 43.3 Å². The van der Waals surface area contributed by atoms with Crippen LogP contribution in [-0.2, 0) is 0 Å². The zero-order valence-corrected chi connectivity index (χ0v) is 15.7. The molecule has 0 radical (unpaired) electrons. The van der Waals surface area contributed by atoms with E-state index in [9.17, 15) is 4.79 Å². The van der Waals surface area contributed by atoms with Gasteiger partial charge in [0.15, 0.2) is 11.4 Å². The molecular weight excluding hydrogens is 354 g/mol. The summed E-state index contributed by atoms with van der Waals surface area (Å²) in [6, 6.07) is 11.7. The lowest BCUT2D eigenvalue weighted by Gasteiger charge is -2.36. The molecule has 3 rings (SSSR count). The first-order chi connectivity index (χ1) is 12.2. The Hall–Kier alpha value is -2.12. The van der Waals surface area contributed by atoms with E-state index in [1.165, 1.54) is 11.3 Å². The Labute approximate surface area is 157 Å². The second kappa shape index (κ2) is 8.31. The van der Waals surface area contributed by atoms with Crippen LogP contribution in [0.2, 0.25) is 0 Å². The average molecular weight is 376 g/mol. The molecule has 1 aliphatic heterocycles. The summed E-state index contributed by atoms with van der Waals surface area (Å²) in [4.78, 5) is 16.1. The fourth-order valence-electron chi connectivity index (χ4n) is 2.71. The van der Waals surface area contributed by atoms with Gasteiger partial charge in [-0.25, -0.2) is 0 Å². The van der Waals surface area contributed by atoms with Crippen molar-refractivity contribution in [2.45, 2.75) is 6.92 Å². The van der Waals surface area contributed by atoms with Gasteiger partial charge in [0, 0.05) is 31.9 Å². The molecule has 0 amide bonds. The van der Waals surface area contributed by atoms with Crippen molar-refractivity contribution in [3.8, 4) is 5.75 Å². The van der Waals surface area contributed by atoms with E-state index in [2.05, 4.69) is 15.1 Å². The van der Waals surface area contributed by atoms with Gasteiger partial charge in [0.1, 0.15) is 5.75 Å². The number of nitrogens with one attached hydrogen (secondary N) is 1. The minimum atomic E-state index is 0.661. The van der Waals surface area contributed by atoms with Crippen LogP contribution >= 0.6 is 23.6 Å². The molecule has 5 nitrogen and oxygen atoms in total. The topological polar surface area (TPSA) is 44.8 Å². The van der Waals surface area contributed by atoms with Gasteiger partial charge in [-0.2, -0.15) is 0 Å². The van der Waals surface area contributed by atoms with Gasteiger partial charge in [0.25, 0.3) is 0 Å². The number of thiocarbonyl (C=S) groups is 1. The summed E-state index contributed by atoms with van der Waals surface area (Å²) in [6.07, 6.45) is 0.903. The van der Waals surface area contributed by atoms with Crippen LogP contribution in [0.25, 0.3) is 0 Å². The molecule has 2 aromatic rings. The number of ether oxygens (including phenoxy) is 1. The number of piperazine rings is 1. The molecule has 1 fully saturated rings. The smallest absolute Gasteiger partial charge is 0.173 e. The third-order valence-corrected chi connectivity index (χ3v) is 5.46. The highest BCUT2D eigenvalue weighted by atomic mass is 32.1. The number of anilines is 2. The van der Waals surface area contributed by atoms with Crippen LogP contribution in [0.4, 0.5) is 10.7 Å². The SMILES string of the molecule is CCOc1ccc(NC(=S)N2CCN(c3ccc(C=O)s3)CC2)cc1. The van der Waals surface area contributed by atoms with Crippen LogP contribution in [0.5, 0.6) is 5.75 Å². The Morgan fingerprint density at radius 3 is 2.52 bits per heavy atom. The summed E-state index contributed by atoms with van der Waals surface area (Å²) in [7, 11) is 0. The van der Waals surface area contributed by atoms with Crippen LogP contribution in [-0.4, -0.2) is 49.1 Å². The minimum absolute atomic E-state index is 0.661. The number of hydrogen-bond donors (Lipinski definition) is 1. The quantitative estimate of drug-likeness (QED) is 0.638. The second-order valence-electron chi connectivity index (χ2n) is 5.66. The molecule has 0 atom stereocenters. The zero-order chi connectivity index (χ0) is 17.6. The predicted molar refractivity (Wildman–Crippen MR) is 107 cm³/mol. The van der Waals surface area contributed by atoms with E-state index in [0.717, 1.165) is 58.9 Å². The lowest BCUT2D eigenvalue weighted by Crippen LogP contribution is -2.49. The maximum Gasteiger partial charge on any atom is 0.173 e. The molecule has 0 aliphatic carbocycles. The highest BCUT2D eigenvalue weighted by Crippen LogP contribution is 2.26. The zero-order valence-electron chi connectivity index (χ0n) is 14.1. The van der Waals surface area contributed by atoms with Crippen LogP contribution < -0.4 is 15.0 Å². The number of carbonyl (C=O) groups is 1. The molecule has 0 spiro atoms. The number of aldehydes is 1. The van der Waals surface area contributed by atoms with E-state index in [4.69, 9.17) is 17.0 Å². The highest BCUT2D eigenvalue weighted by Gasteiger charge is 2.20. The van der Waals surface area contributed by atoms with E-state index in [0.29, 0.717) is 6.61 Å². The standard InChI is InChI=1S/C18H21N3O2S2/c1-2-23-15-5-3-14(4-6-15)19-18(24)21-11-9-20(10-12-21)17-8-7-16(13-22)25-17/h3-8,13H,2,9-12H2,1H3,(H,19,24). The average Bonchev–Trinajstić information content (AvgIpc) is 3.13. The molecule has 0 saturated carbocycles. The molecular formula is C18H21N3O2S2. The van der Waals surface area contributed by atoms with Crippen molar-refractivity contribution in [1.82, 2.24) is 4.90 Å². The molecule has 1 saturated heterocycles. The van der Waals surface area contributed by atoms with Gasteiger partial charge in [-0.1, -0.05) is 0 Å². The van der Waals surface area contributed by atoms with Crippen molar-refractivity contribution in [3.05, 3.63) is 41.3 Å². The second-order valence-corrected chi connectivity index (χ2v) is 7.14. The Morgan fingerprint density at radius 2 is 1.92 bits per heavy atom.